The van der Waals surface area contributed by atoms with E-state index in [1.54, 1.807) is 6.07 Å². The Balaban J connectivity index is 1.79. The molecule has 4 nitrogen and oxygen atoms in total. The number of hydrogen-bond donors (Lipinski definition) is 1. The van der Waals surface area contributed by atoms with Crippen LogP contribution in [0, 0.1) is 6.92 Å². The van der Waals surface area contributed by atoms with Gasteiger partial charge in [0.05, 0.1) is 18.2 Å². The molecule has 1 atom stereocenters. The SMILES string of the molecule is Cc1ccc(Cl)c(OC[C@H](O)CN2CCOCC2)c1. The Morgan fingerprint density at radius 1 is 1.42 bits per heavy atom. The van der Waals surface area contributed by atoms with E-state index in [0.717, 1.165) is 31.9 Å². The molecule has 0 aliphatic carbocycles. The van der Waals surface area contributed by atoms with Crippen LogP contribution in [0.4, 0.5) is 0 Å². The Labute approximate surface area is 118 Å². The summed E-state index contributed by atoms with van der Waals surface area (Å²) < 4.78 is 10.8. The summed E-state index contributed by atoms with van der Waals surface area (Å²) in [5.74, 6) is 0.627. The molecule has 1 heterocycles. The highest BCUT2D eigenvalue weighted by atomic mass is 35.5. The van der Waals surface area contributed by atoms with Gasteiger partial charge in [0.2, 0.25) is 0 Å². The van der Waals surface area contributed by atoms with Gasteiger partial charge in [-0.05, 0) is 24.6 Å². The van der Waals surface area contributed by atoms with Crippen LogP contribution >= 0.6 is 11.6 Å². The van der Waals surface area contributed by atoms with E-state index >= 15 is 0 Å². The lowest BCUT2D eigenvalue weighted by molar-refractivity contribution is 0.00466. The minimum atomic E-state index is -0.519. The Morgan fingerprint density at radius 2 is 2.16 bits per heavy atom. The van der Waals surface area contributed by atoms with Crippen LogP contribution < -0.4 is 4.74 Å². The van der Waals surface area contributed by atoms with Crippen molar-refractivity contribution in [3.63, 3.8) is 0 Å². The van der Waals surface area contributed by atoms with Crippen LogP contribution in [0.3, 0.4) is 0 Å². The van der Waals surface area contributed by atoms with E-state index in [0.29, 0.717) is 17.3 Å². The summed E-state index contributed by atoms with van der Waals surface area (Å²) in [4.78, 5) is 2.18. The van der Waals surface area contributed by atoms with Crippen molar-refractivity contribution in [2.75, 3.05) is 39.5 Å². The molecular weight excluding hydrogens is 266 g/mol. The van der Waals surface area contributed by atoms with E-state index < -0.39 is 6.10 Å². The van der Waals surface area contributed by atoms with Crippen LogP contribution in [-0.2, 0) is 4.74 Å². The summed E-state index contributed by atoms with van der Waals surface area (Å²) in [5.41, 5.74) is 1.09. The molecule has 2 rings (SSSR count). The predicted octanol–water partition coefficient (Wildman–Crippen LogP) is 1.72. The number of aliphatic hydroxyl groups is 1. The Bertz CT molecular complexity index is 408. The van der Waals surface area contributed by atoms with Crippen molar-refractivity contribution in [2.45, 2.75) is 13.0 Å². The van der Waals surface area contributed by atoms with E-state index in [4.69, 9.17) is 21.1 Å². The largest absolute Gasteiger partial charge is 0.489 e. The number of benzene rings is 1. The molecule has 5 heteroatoms. The zero-order chi connectivity index (χ0) is 13.7. The van der Waals surface area contributed by atoms with Crippen LogP contribution in [0.25, 0.3) is 0 Å². The molecule has 0 saturated carbocycles. The number of aliphatic hydroxyl groups excluding tert-OH is 1. The van der Waals surface area contributed by atoms with Crippen molar-refractivity contribution in [2.24, 2.45) is 0 Å². The van der Waals surface area contributed by atoms with E-state index in [9.17, 15) is 5.11 Å². The molecule has 106 valence electrons. The molecule has 1 aromatic carbocycles. The molecule has 0 spiro atoms. The number of nitrogens with zero attached hydrogens (tertiary/aromatic N) is 1. The molecular formula is C14H20ClNO3. The smallest absolute Gasteiger partial charge is 0.138 e. The van der Waals surface area contributed by atoms with Gasteiger partial charge in [-0.3, -0.25) is 4.90 Å². The second kappa shape index (κ2) is 7.10. The van der Waals surface area contributed by atoms with Crippen LogP contribution in [0.1, 0.15) is 5.56 Å². The van der Waals surface area contributed by atoms with Gasteiger partial charge >= 0.3 is 0 Å². The minimum absolute atomic E-state index is 0.251. The summed E-state index contributed by atoms with van der Waals surface area (Å²) >= 11 is 6.04. The fourth-order valence-corrected chi connectivity index (χ4v) is 2.21. The zero-order valence-corrected chi connectivity index (χ0v) is 11.9. The molecule has 1 N–H and O–H groups in total. The fourth-order valence-electron chi connectivity index (χ4n) is 2.04. The topological polar surface area (TPSA) is 41.9 Å². The molecule has 0 unspecified atom stereocenters. The van der Waals surface area contributed by atoms with Gasteiger partial charge in [-0.2, -0.15) is 0 Å². The van der Waals surface area contributed by atoms with Gasteiger partial charge in [0.15, 0.2) is 0 Å². The van der Waals surface area contributed by atoms with Gasteiger partial charge in [0.1, 0.15) is 18.5 Å². The van der Waals surface area contributed by atoms with Gasteiger partial charge in [0.25, 0.3) is 0 Å². The number of aryl methyl sites for hydroxylation is 1. The standard InChI is InChI=1S/C14H20ClNO3/c1-11-2-3-13(15)14(8-11)19-10-12(17)9-16-4-6-18-7-5-16/h2-3,8,12,17H,4-7,9-10H2,1H3/t12-/m1/s1. The van der Waals surface area contributed by atoms with Gasteiger partial charge in [-0.25, -0.2) is 0 Å². The average Bonchev–Trinajstić information content (AvgIpc) is 2.41. The summed E-state index contributed by atoms with van der Waals surface area (Å²) in [6, 6.07) is 5.61. The first kappa shape index (κ1) is 14.6. The lowest BCUT2D eigenvalue weighted by Gasteiger charge is -2.28. The van der Waals surface area contributed by atoms with Gasteiger partial charge < -0.3 is 14.6 Å². The van der Waals surface area contributed by atoms with Crippen molar-refractivity contribution >= 4 is 11.6 Å². The highest BCUT2D eigenvalue weighted by Gasteiger charge is 2.15. The Hall–Kier alpha value is -0.810. The van der Waals surface area contributed by atoms with Crippen LogP contribution in [-0.4, -0.2) is 55.6 Å². The van der Waals surface area contributed by atoms with Gasteiger partial charge in [-0.15, -0.1) is 0 Å². The number of rotatable bonds is 5. The van der Waals surface area contributed by atoms with Crippen molar-refractivity contribution in [1.82, 2.24) is 4.90 Å². The normalized spacial score (nSPS) is 18.3. The molecule has 1 aliphatic heterocycles. The predicted molar refractivity (Wildman–Crippen MR) is 74.9 cm³/mol. The second-order valence-corrected chi connectivity index (χ2v) is 5.22. The Kier molecular flexibility index (Phi) is 5.45. The molecule has 0 radical (unpaired) electrons. The molecule has 1 saturated heterocycles. The lowest BCUT2D eigenvalue weighted by Crippen LogP contribution is -2.42. The molecule has 1 aliphatic rings. The maximum atomic E-state index is 9.97. The average molecular weight is 286 g/mol. The zero-order valence-electron chi connectivity index (χ0n) is 11.1. The second-order valence-electron chi connectivity index (χ2n) is 4.81. The minimum Gasteiger partial charge on any atom is -0.489 e. The quantitative estimate of drug-likeness (QED) is 0.894. The number of morpholine rings is 1. The lowest BCUT2D eigenvalue weighted by atomic mass is 10.2. The molecule has 1 aromatic rings. The highest BCUT2D eigenvalue weighted by molar-refractivity contribution is 6.32. The highest BCUT2D eigenvalue weighted by Crippen LogP contribution is 2.25. The van der Waals surface area contributed by atoms with E-state index in [-0.39, 0.29) is 6.61 Å². The molecule has 0 amide bonds. The van der Waals surface area contributed by atoms with E-state index in [2.05, 4.69) is 4.90 Å². The number of β-amino-alcohol motifs (C(OH)–C–C–N with tert-alkyl or cyclic N) is 1. The van der Waals surface area contributed by atoms with E-state index in [1.165, 1.54) is 0 Å². The number of ether oxygens (including phenoxy) is 2. The third-order valence-corrected chi connectivity index (χ3v) is 3.40. The maximum absolute atomic E-state index is 9.97. The van der Waals surface area contributed by atoms with Gasteiger partial charge in [0, 0.05) is 19.6 Å². The van der Waals surface area contributed by atoms with Crippen molar-refractivity contribution in [3.05, 3.63) is 28.8 Å². The van der Waals surface area contributed by atoms with E-state index in [1.807, 2.05) is 19.1 Å². The summed E-state index contributed by atoms with van der Waals surface area (Å²) in [6.07, 6.45) is -0.519. The van der Waals surface area contributed by atoms with Crippen molar-refractivity contribution < 1.29 is 14.6 Å². The summed E-state index contributed by atoms with van der Waals surface area (Å²) in [7, 11) is 0. The molecule has 19 heavy (non-hydrogen) atoms. The maximum Gasteiger partial charge on any atom is 0.138 e. The third kappa shape index (κ3) is 4.66. The van der Waals surface area contributed by atoms with Gasteiger partial charge in [-0.1, -0.05) is 17.7 Å². The summed E-state index contributed by atoms with van der Waals surface area (Å²) in [6.45, 7) is 6.03. The van der Waals surface area contributed by atoms with Crippen molar-refractivity contribution in [1.29, 1.82) is 0 Å². The van der Waals surface area contributed by atoms with Crippen LogP contribution in [0.15, 0.2) is 18.2 Å². The summed E-state index contributed by atoms with van der Waals surface area (Å²) in [5, 5.41) is 10.5. The van der Waals surface area contributed by atoms with Crippen LogP contribution in [0.2, 0.25) is 5.02 Å². The van der Waals surface area contributed by atoms with Crippen molar-refractivity contribution in [3.8, 4) is 5.75 Å². The number of halogens is 1. The Morgan fingerprint density at radius 3 is 2.89 bits per heavy atom. The first-order valence-electron chi connectivity index (χ1n) is 6.52. The molecule has 0 bridgehead atoms. The fraction of sp³-hybridized carbons (Fsp3) is 0.571. The first-order chi connectivity index (χ1) is 9.15. The number of hydrogen-bond acceptors (Lipinski definition) is 4. The monoisotopic (exact) mass is 285 g/mol. The van der Waals surface area contributed by atoms with Crippen LogP contribution in [0.5, 0.6) is 5.75 Å². The molecule has 1 fully saturated rings. The first-order valence-corrected chi connectivity index (χ1v) is 6.90. The molecule has 0 aromatic heterocycles. The third-order valence-electron chi connectivity index (χ3n) is 3.09.